The minimum Gasteiger partial charge on any atom is -0.369 e. The molecule has 0 radical (unpaired) electrons. The molecule has 2 aliphatic heterocycles. The molecule has 0 N–H and O–H groups in total. The quantitative estimate of drug-likeness (QED) is 0.776. The summed E-state index contributed by atoms with van der Waals surface area (Å²) in [5.41, 5.74) is 2.13. The van der Waals surface area contributed by atoms with E-state index in [-0.39, 0.29) is 17.5 Å². The number of anilines is 1. The molecule has 1 aromatic carbocycles. The van der Waals surface area contributed by atoms with Crippen LogP contribution in [-0.2, 0) is 7.05 Å². The van der Waals surface area contributed by atoms with Gasteiger partial charge in [-0.2, -0.15) is 0 Å². The summed E-state index contributed by atoms with van der Waals surface area (Å²) in [5, 5.41) is 0. The summed E-state index contributed by atoms with van der Waals surface area (Å²) < 4.78 is 14.8. The summed E-state index contributed by atoms with van der Waals surface area (Å²) in [5.74, 6) is -0.201. The van der Waals surface area contributed by atoms with Crippen molar-refractivity contribution in [3.63, 3.8) is 0 Å². The van der Waals surface area contributed by atoms with Crippen LogP contribution in [0, 0.1) is 5.82 Å². The second kappa shape index (κ2) is 8.37. The van der Waals surface area contributed by atoms with E-state index in [0.717, 1.165) is 44.8 Å². The summed E-state index contributed by atoms with van der Waals surface area (Å²) >= 11 is 0. The van der Waals surface area contributed by atoms with Gasteiger partial charge in [-0.05, 0) is 43.3 Å². The van der Waals surface area contributed by atoms with E-state index in [0.29, 0.717) is 30.8 Å². The number of carbonyl (C=O) groups is 2. The van der Waals surface area contributed by atoms with Crippen LogP contribution in [0.25, 0.3) is 0 Å². The van der Waals surface area contributed by atoms with Crippen molar-refractivity contribution in [2.24, 2.45) is 7.05 Å². The highest BCUT2D eigenvalue weighted by molar-refractivity contribution is 6.08. The normalized spacial score (nSPS) is 18.1. The number of rotatable bonds is 5. The largest absolute Gasteiger partial charge is 0.369 e. The molecule has 7 heteroatoms. The van der Waals surface area contributed by atoms with Gasteiger partial charge in [-0.25, -0.2) is 4.39 Å². The van der Waals surface area contributed by atoms with E-state index >= 15 is 0 Å². The molecular formula is C22H27FN4O2. The lowest BCUT2D eigenvalue weighted by Gasteiger charge is -2.36. The van der Waals surface area contributed by atoms with E-state index in [2.05, 4.69) is 9.80 Å². The lowest BCUT2D eigenvalue weighted by Crippen LogP contribution is -2.47. The first kappa shape index (κ1) is 19.6. The Balaban J connectivity index is 1.27. The average molecular weight is 398 g/mol. The molecule has 0 spiro atoms. The first-order valence-electron chi connectivity index (χ1n) is 10.2. The Morgan fingerprint density at radius 1 is 0.931 bits per heavy atom. The molecule has 4 rings (SSSR count). The van der Waals surface area contributed by atoms with Gasteiger partial charge in [0.15, 0.2) is 5.78 Å². The van der Waals surface area contributed by atoms with Gasteiger partial charge in [0.1, 0.15) is 11.5 Å². The van der Waals surface area contributed by atoms with Gasteiger partial charge in [0, 0.05) is 70.2 Å². The third-order valence-corrected chi connectivity index (χ3v) is 5.94. The van der Waals surface area contributed by atoms with Crippen LogP contribution in [0.1, 0.15) is 33.7 Å². The highest BCUT2D eigenvalue weighted by atomic mass is 19.1. The number of Topliss-reactive ketones (excluding diaryl/α,β-unsaturated/α-hetero) is 1. The molecule has 0 unspecified atom stereocenters. The van der Waals surface area contributed by atoms with E-state index < -0.39 is 0 Å². The van der Waals surface area contributed by atoms with Gasteiger partial charge in [-0.3, -0.25) is 14.5 Å². The van der Waals surface area contributed by atoms with Gasteiger partial charge >= 0.3 is 0 Å². The summed E-state index contributed by atoms with van der Waals surface area (Å²) in [6, 6.07) is 8.41. The van der Waals surface area contributed by atoms with Crippen LogP contribution in [0.2, 0.25) is 0 Å². The molecule has 3 heterocycles. The van der Waals surface area contributed by atoms with Crippen molar-refractivity contribution in [2.45, 2.75) is 12.8 Å². The van der Waals surface area contributed by atoms with Crippen molar-refractivity contribution in [1.82, 2.24) is 14.4 Å². The number of halogens is 1. The average Bonchev–Trinajstić information content (AvgIpc) is 3.07. The molecule has 0 atom stereocenters. The SMILES string of the molecule is Cn1ccc2c1C(=O)N(CCCN1CCN(c3ccc(F)cc3)CC1)CCC2=O. The number of ketones is 1. The van der Waals surface area contributed by atoms with Gasteiger partial charge in [0.25, 0.3) is 5.91 Å². The van der Waals surface area contributed by atoms with Crippen LogP contribution < -0.4 is 4.90 Å². The Morgan fingerprint density at radius 3 is 2.38 bits per heavy atom. The number of benzene rings is 1. The molecule has 2 aliphatic rings. The molecule has 0 bridgehead atoms. The third-order valence-electron chi connectivity index (χ3n) is 5.94. The predicted molar refractivity (Wildman–Crippen MR) is 110 cm³/mol. The van der Waals surface area contributed by atoms with Crippen molar-refractivity contribution in [3.05, 3.63) is 53.6 Å². The lowest BCUT2D eigenvalue weighted by atomic mass is 10.1. The number of piperazine rings is 1. The standard InChI is InChI=1S/C22H27FN4O2/c1-24-11-7-19-20(28)8-12-27(22(29)21(19)24)10-2-9-25-13-15-26(16-14-25)18-5-3-17(23)4-6-18/h3-7,11H,2,8-10,12-16H2,1H3. The predicted octanol–water partition coefficient (Wildman–Crippen LogP) is 2.41. The highest BCUT2D eigenvalue weighted by Gasteiger charge is 2.29. The fraction of sp³-hybridized carbons (Fsp3) is 0.455. The smallest absolute Gasteiger partial charge is 0.271 e. The summed E-state index contributed by atoms with van der Waals surface area (Å²) in [4.78, 5) is 31.6. The van der Waals surface area contributed by atoms with E-state index in [1.165, 1.54) is 12.1 Å². The molecular weight excluding hydrogens is 371 g/mol. The number of carbonyl (C=O) groups excluding carboxylic acids is 2. The summed E-state index contributed by atoms with van der Waals surface area (Å²) in [7, 11) is 1.81. The Bertz CT molecular complexity index is 885. The van der Waals surface area contributed by atoms with Gasteiger partial charge in [-0.1, -0.05) is 0 Å². The lowest BCUT2D eigenvalue weighted by molar-refractivity contribution is 0.0741. The Labute approximate surface area is 170 Å². The number of aromatic nitrogens is 1. The maximum absolute atomic E-state index is 13.1. The second-order valence-corrected chi connectivity index (χ2v) is 7.81. The topological polar surface area (TPSA) is 48.8 Å². The van der Waals surface area contributed by atoms with Gasteiger partial charge < -0.3 is 14.4 Å². The van der Waals surface area contributed by atoms with Crippen molar-refractivity contribution >= 4 is 17.4 Å². The number of aryl methyl sites for hydroxylation is 1. The highest BCUT2D eigenvalue weighted by Crippen LogP contribution is 2.20. The molecule has 1 fully saturated rings. The summed E-state index contributed by atoms with van der Waals surface area (Å²) in [6.45, 7) is 5.80. The molecule has 0 aliphatic carbocycles. The molecule has 2 aromatic rings. The molecule has 154 valence electrons. The minimum absolute atomic E-state index is 0.0421. The van der Waals surface area contributed by atoms with Crippen molar-refractivity contribution < 1.29 is 14.0 Å². The molecule has 0 saturated carbocycles. The number of fused-ring (bicyclic) bond motifs is 1. The molecule has 1 aromatic heterocycles. The van der Waals surface area contributed by atoms with Gasteiger partial charge in [-0.15, -0.1) is 0 Å². The van der Waals surface area contributed by atoms with E-state index in [9.17, 15) is 14.0 Å². The fourth-order valence-corrected chi connectivity index (χ4v) is 4.22. The zero-order chi connectivity index (χ0) is 20.4. The van der Waals surface area contributed by atoms with Crippen LogP contribution in [-0.4, -0.2) is 71.9 Å². The first-order chi connectivity index (χ1) is 14.0. The van der Waals surface area contributed by atoms with Crippen molar-refractivity contribution in [2.75, 3.05) is 50.7 Å². The Kier molecular flexibility index (Phi) is 5.67. The number of hydrogen-bond donors (Lipinski definition) is 0. The van der Waals surface area contributed by atoms with Crippen LogP contribution in [0.3, 0.4) is 0 Å². The number of hydrogen-bond acceptors (Lipinski definition) is 4. The first-order valence-corrected chi connectivity index (χ1v) is 10.2. The second-order valence-electron chi connectivity index (χ2n) is 7.81. The fourth-order valence-electron chi connectivity index (χ4n) is 4.22. The maximum Gasteiger partial charge on any atom is 0.271 e. The van der Waals surface area contributed by atoms with Crippen LogP contribution in [0.4, 0.5) is 10.1 Å². The Morgan fingerprint density at radius 2 is 1.66 bits per heavy atom. The zero-order valence-corrected chi connectivity index (χ0v) is 16.8. The molecule has 1 amide bonds. The minimum atomic E-state index is -0.209. The molecule has 29 heavy (non-hydrogen) atoms. The molecule has 1 saturated heterocycles. The van der Waals surface area contributed by atoms with Crippen LogP contribution in [0.5, 0.6) is 0 Å². The van der Waals surface area contributed by atoms with Crippen molar-refractivity contribution in [3.8, 4) is 0 Å². The van der Waals surface area contributed by atoms with Crippen LogP contribution >= 0.6 is 0 Å². The Hall–Kier alpha value is -2.67. The maximum atomic E-state index is 13.1. The number of amides is 1. The van der Waals surface area contributed by atoms with E-state index in [1.807, 2.05) is 24.1 Å². The number of nitrogens with zero attached hydrogens (tertiary/aromatic N) is 4. The van der Waals surface area contributed by atoms with Crippen molar-refractivity contribution in [1.29, 1.82) is 0 Å². The van der Waals surface area contributed by atoms with Gasteiger partial charge in [0.05, 0.1) is 0 Å². The van der Waals surface area contributed by atoms with E-state index in [1.54, 1.807) is 16.8 Å². The monoisotopic (exact) mass is 398 g/mol. The van der Waals surface area contributed by atoms with Gasteiger partial charge in [0.2, 0.25) is 0 Å². The zero-order valence-electron chi connectivity index (χ0n) is 16.8. The van der Waals surface area contributed by atoms with Crippen LogP contribution in [0.15, 0.2) is 36.5 Å². The summed E-state index contributed by atoms with van der Waals surface area (Å²) in [6.07, 6.45) is 3.06. The third kappa shape index (κ3) is 4.19. The molecule has 6 nitrogen and oxygen atoms in total. The van der Waals surface area contributed by atoms with E-state index in [4.69, 9.17) is 0 Å².